The molecule has 0 spiro atoms. The molecule has 1 saturated heterocycles. The minimum absolute atomic E-state index is 0.0575. The average Bonchev–Trinajstić information content (AvgIpc) is 3.41. The number of nitrogens with zero attached hydrogens (tertiary/aromatic N) is 2. The van der Waals surface area contributed by atoms with Gasteiger partial charge < -0.3 is 19.7 Å². The molecular formula is C27H23N3O4. The highest BCUT2D eigenvalue weighted by molar-refractivity contribution is 6.46. The number of aromatic nitrogens is 2. The van der Waals surface area contributed by atoms with Crippen molar-refractivity contribution in [1.29, 1.82) is 0 Å². The molecule has 170 valence electrons. The monoisotopic (exact) mass is 453 g/mol. The van der Waals surface area contributed by atoms with Crippen molar-refractivity contribution in [2.75, 3.05) is 13.7 Å². The largest absolute Gasteiger partial charge is 0.507 e. The number of aromatic amines is 1. The number of ether oxygens (including phenoxy) is 1. The fourth-order valence-corrected chi connectivity index (χ4v) is 4.48. The Labute approximate surface area is 196 Å². The van der Waals surface area contributed by atoms with Gasteiger partial charge in [-0.05, 0) is 53.9 Å². The summed E-state index contributed by atoms with van der Waals surface area (Å²) in [6.07, 6.45) is 5.73. The maximum absolute atomic E-state index is 13.2. The molecule has 0 radical (unpaired) electrons. The number of nitrogens with one attached hydrogen (secondary N) is 1. The van der Waals surface area contributed by atoms with Crippen LogP contribution in [0.25, 0.3) is 16.7 Å². The van der Waals surface area contributed by atoms with Crippen LogP contribution in [-0.2, 0) is 16.0 Å². The summed E-state index contributed by atoms with van der Waals surface area (Å²) in [7, 11) is 1.55. The van der Waals surface area contributed by atoms with Crippen molar-refractivity contribution in [2.45, 2.75) is 12.5 Å². The standard InChI is InChI=1S/C27H23N3O4/c1-34-20-10-8-17(9-11-20)25(31)23-24(19-5-4-13-28-15-19)30(27(33)26(23)32)14-12-18-16-29-22-7-3-2-6-21(18)22/h2-11,13,15-16,24,29,31H,12,14H2,1H3/t24-/m0/s1. The van der Waals surface area contributed by atoms with Crippen LogP contribution in [-0.4, -0.2) is 45.3 Å². The quantitative estimate of drug-likeness (QED) is 0.259. The molecule has 2 aromatic heterocycles. The number of methoxy groups -OCH3 is 1. The number of likely N-dealkylation sites (tertiary alicyclic amines) is 1. The Morgan fingerprint density at radius 2 is 1.88 bits per heavy atom. The number of Topliss-reactive ketones (excluding diaryl/α,β-unsaturated/α-hetero) is 1. The van der Waals surface area contributed by atoms with Crippen LogP contribution in [0.2, 0.25) is 0 Å². The highest BCUT2D eigenvalue weighted by Gasteiger charge is 2.46. The summed E-state index contributed by atoms with van der Waals surface area (Å²) in [6, 6.07) is 17.5. The molecule has 1 atom stereocenters. The Hall–Kier alpha value is -4.39. The molecule has 1 aliphatic heterocycles. The molecule has 0 aliphatic carbocycles. The highest BCUT2D eigenvalue weighted by Crippen LogP contribution is 2.39. The number of carbonyl (C=O) groups excluding carboxylic acids is 2. The molecule has 1 aliphatic rings. The summed E-state index contributed by atoms with van der Waals surface area (Å²) in [5, 5.41) is 12.2. The lowest BCUT2D eigenvalue weighted by Crippen LogP contribution is -2.31. The summed E-state index contributed by atoms with van der Waals surface area (Å²) < 4.78 is 5.18. The van der Waals surface area contributed by atoms with Crippen molar-refractivity contribution in [1.82, 2.24) is 14.9 Å². The number of H-pyrrole nitrogens is 1. The third-order valence-electron chi connectivity index (χ3n) is 6.20. The number of aliphatic hydroxyl groups is 1. The molecule has 0 unspecified atom stereocenters. The first-order valence-electron chi connectivity index (χ1n) is 11.0. The van der Waals surface area contributed by atoms with Gasteiger partial charge in [0.05, 0.1) is 18.7 Å². The first kappa shape index (κ1) is 21.5. The lowest BCUT2D eigenvalue weighted by molar-refractivity contribution is -0.139. The second-order valence-electron chi connectivity index (χ2n) is 8.12. The van der Waals surface area contributed by atoms with Gasteiger partial charge in [-0.15, -0.1) is 0 Å². The number of hydrogen-bond donors (Lipinski definition) is 2. The molecule has 1 amide bonds. The fourth-order valence-electron chi connectivity index (χ4n) is 4.48. The van der Waals surface area contributed by atoms with Gasteiger partial charge in [0.25, 0.3) is 11.7 Å². The maximum Gasteiger partial charge on any atom is 0.295 e. The minimum Gasteiger partial charge on any atom is -0.507 e. The van der Waals surface area contributed by atoms with Crippen molar-refractivity contribution in [3.05, 3.63) is 102 Å². The molecule has 5 rings (SSSR count). The zero-order chi connectivity index (χ0) is 23.7. The topological polar surface area (TPSA) is 95.5 Å². The normalized spacial score (nSPS) is 17.4. The fraction of sp³-hybridized carbons (Fsp3) is 0.148. The molecule has 3 heterocycles. The number of benzene rings is 2. The van der Waals surface area contributed by atoms with Crippen LogP contribution >= 0.6 is 0 Å². The van der Waals surface area contributed by atoms with E-state index >= 15 is 0 Å². The summed E-state index contributed by atoms with van der Waals surface area (Å²) in [4.78, 5) is 35.2. The van der Waals surface area contributed by atoms with Crippen LogP contribution in [0.5, 0.6) is 5.75 Å². The Balaban J connectivity index is 1.54. The molecular weight excluding hydrogens is 430 g/mol. The summed E-state index contributed by atoms with van der Waals surface area (Å²) in [5.74, 6) is -0.936. The van der Waals surface area contributed by atoms with E-state index in [-0.39, 0.29) is 11.3 Å². The Kier molecular flexibility index (Phi) is 5.59. The smallest absolute Gasteiger partial charge is 0.295 e. The Morgan fingerprint density at radius 3 is 2.62 bits per heavy atom. The van der Waals surface area contributed by atoms with E-state index in [1.807, 2.05) is 36.5 Å². The van der Waals surface area contributed by atoms with Crippen molar-refractivity contribution in [3.63, 3.8) is 0 Å². The number of aliphatic hydroxyl groups excluding tert-OH is 1. The van der Waals surface area contributed by atoms with E-state index in [4.69, 9.17) is 4.74 Å². The van der Waals surface area contributed by atoms with Gasteiger partial charge in [0.2, 0.25) is 0 Å². The van der Waals surface area contributed by atoms with Crippen LogP contribution in [0.1, 0.15) is 22.7 Å². The molecule has 1 fully saturated rings. The highest BCUT2D eigenvalue weighted by atomic mass is 16.5. The Morgan fingerprint density at radius 1 is 1.09 bits per heavy atom. The summed E-state index contributed by atoms with van der Waals surface area (Å²) in [5.41, 5.74) is 3.22. The number of fused-ring (bicyclic) bond motifs is 1. The van der Waals surface area contributed by atoms with Gasteiger partial charge >= 0.3 is 0 Å². The Bertz CT molecular complexity index is 1390. The lowest BCUT2D eigenvalue weighted by atomic mass is 9.96. The van der Waals surface area contributed by atoms with E-state index in [1.54, 1.807) is 49.8 Å². The van der Waals surface area contributed by atoms with Crippen LogP contribution < -0.4 is 4.74 Å². The van der Waals surface area contributed by atoms with Gasteiger partial charge in [0.15, 0.2) is 0 Å². The van der Waals surface area contributed by atoms with E-state index in [1.165, 1.54) is 4.90 Å². The molecule has 7 nitrogen and oxygen atoms in total. The van der Waals surface area contributed by atoms with E-state index in [2.05, 4.69) is 9.97 Å². The lowest BCUT2D eigenvalue weighted by Gasteiger charge is -2.25. The molecule has 4 aromatic rings. The average molecular weight is 453 g/mol. The molecule has 0 bridgehead atoms. The van der Waals surface area contributed by atoms with Gasteiger partial charge in [-0.2, -0.15) is 0 Å². The number of hydrogen-bond acceptors (Lipinski definition) is 5. The van der Waals surface area contributed by atoms with Crippen molar-refractivity contribution < 1.29 is 19.4 Å². The second kappa shape index (κ2) is 8.86. The molecule has 2 N–H and O–H groups in total. The minimum atomic E-state index is -0.735. The first-order chi connectivity index (χ1) is 16.6. The predicted molar refractivity (Wildman–Crippen MR) is 128 cm³/mol. The second-order valence-corrected chi connectivity index (χ2v) is 8.12. The van der Waals surface area contributed by atoms with Gasteiger partial charge in [-0.3, -0.25) is 14.6 Å². The van der Waals surface area contributed by atoms with Crippen LogP contribution in [0.15, 0.2) is 84.8 Å². The third kappa shape index (κ3) is 3.71. The molecule has 34 heavy (non-hydrogen) atoms. The number of para-hydroxylation sites is 1. The van der Waals surface area contributed by atoms with E-state index in [0.717, 1.165) is 16.5 Å². The van der Waals surface area contributed by atoms with E-state index in [0.29, 0.717) is 29.8 Å². The number of amides is 1. The molecule has 7 heteroatoms. The zero-order valence-electron chi connectivity index (χ0n) is 18.6. The van der Waals surface area contributed by atoms with Crippen molar-refractivity contribution in [3.8, 4) is 5.75 Å². The van der Waals surface area contributed by atoms with E-state index in [9.17, 15) is 14.7 Å². The number of carbonyl (C=O) groups is 2. The number of pyridine rings is 1. The van der Waals surface area contributed by atoms with E-state index < -0.39 is 17.7 Å². The summed E-state index contributed by atoms with van der Waals surface area (Å²) >= 11 is 0. The van der Waals surface area contributed by atoms with Gasteiger partial charge in [0, 0.05) is 41.6 Å². The SMILES string of the molecule is COc1ccc(C(O)=C2C(=O)C(=O)N(CCc3c[nH]c4ccccc34)[C@H]2c2cccnc2)cc1. The van der Waals surface area contributed by atoms with Crippen LogP contribution in [0.4, 0.5) is 0 Å². The van der Waals surface area contributed by atoms with Crippen molar-refractivity contribution in [2.24, 2.45) is 0 Å². The van der Waals surface area contributed by atoms with Gasteiger partial charge in [0.1, 0.15) is 11.5 Å². The van der Waals surface area contributed by atoms with Gasteiger partial charge in [-0.1, -0.05) is 24.3 Å². The molecule has 0 saturated carbocycles. The number of rotatable bonds is 6. The summed E-state index contributed by atoms with van der Waals surface area (Å²) in [6.45, 7) is 0.311. The number of ketones is 1. The third-order valence-corrected chi connectivity index (χ3v) is 6.20. The molecule has 2 aromatic carbocycles. The maximum atomic E-state index is 13.2. The van der Waals surface area contributed by atoms with Crippen LogP contribution in [0.3, 0.4) is 0 Å². The zero-order valence-corrected chi connectivity index (χ0v) is 18.6. The van der Waals surface area contributed by atoms with Gasteiger partial charge in [-0.25, -0.2) is 0 Å². The van der Waals surface area contributed by atoms with Crippen LogP contribution in [0, 0.1) is 0 Å². The first-order valence-corrected chi connectivity index (χ1v) is 11.0. The van der Waals surface area contributed by atoms with Crippen molar-refractivity contribution >= 4 is 28.4 Å². The predicted octanol–water partition coefficient (Wildman–Crippen LogP) is 4.24.